The van der Waals surface area contributed by atoms with Crippen molar-refractivity contribution in [1.82, 2.24) is 4.90 Å². The number of likely N-dealkylation sites (tertiary alicyclic amines) is 1. The lowest BCUT2D eigenvalue weighted by Gasteiger charge is -2.22. The molecule has 5 heteroatoms. The fourth-order valence-electron chi connectivity index (χ4n) is 2.34. The molecule has 1 aliphatic heterocycles. The molecule has 0 saturated carbocycles. The zero-order valence-electron chi connectivity index (χ0n) is 10.6. The Morgan fingerprint density at radius 1 is 1.47 bits per heavy atom. The van der Waals surface area contributed by atoms with Crippen LogP contribution in [0.1, 0.15) is 12.0 Å². The van der Waals surface area contributed by atoms with E-state index in [1.807, 2.05) is 4.90 Å². The highest BCUT2D eigenvalue weighted by Crippen LogP contribution is 2.20. The molecule has 0 aliphatic carbocycles. The molecule has 1 aromatic carbocycles. The molecule has 19 heavy (non-hydrogen) atoms. The van der Waals surface area contributed by atoms with Gasteiger partial charge in [-0.2, -0.15) is 5.26 Å². The molecule has 0 aromatic heterocycles. The molecule has 0 radical (unpaired) electrons. The number of alkyl halides is 1. The minimum atomic E-state index is -0.872. The first-order chi connectivity index (χ1) is 9.24. The first kappa shape index (κ1) is 13.8. The predicted molar refractivity (Wildman–Crippen MR) is 68.6 cm³/mol. The Kier molecular flexibility index (Phi) is 4.72. The fourth-order valence-corrected chi connectivity index (χ4v) is 2.34. The Labute approximate surface area is 112 Å². The van der Waals surface area contributed by atoms with Gasteiger partial charge in [-0.3, -0.25) is 4.90 Å². The number of para-hydroxylation sites is 1. The second-order valence-corrected chi connectivity index (χ2v) is 4.62. The molecular formula is C14H17FN2O2. The summed E-state index contributed by atoms with van der Waals surface area (Å²) in [6.07, 6.45) is -0.491. The van der Waals surface area contributed by atoms with Crippen LogP contribution in [0.4, 0.5) is 4.39 Å². The summed E-state index contributed by atoms with van der Waals surface area (Å²) >= 11 is 0. The molecule has 2 atom stereocenters. The summed E-state index contributed by atoms with van der Waals surface area (Å²) in [5, 5.41) is 18.1. The molecule has 4 nitrogen and oxygen atoms in total. The van der Waals surface area contributed by atoms with Gasteiger partial charge >= 0.3 is 0 Å². The third-order valence-corrected chi connectivity index (χ3v) is 3.33. The van der Waals surface area contributed by atoms with Crippen LogP contribution in [0.15, 0.2) is 24.3 Å². The number of nitriles is 1. The third kappa shape index (κ3) is 3.43. The number of nitrogens with zero attached hydrogens (tertiary/aromatic N) is 2. The van der Waals surface area contributed by atoms with Crippen LogP contribution in [0.25, 0.3) is 0 Å². The number of rotatable bonds is 5. The molecule has 2 rings (SSSR count). The molecule has 1 aromatic rings. The third-order valence-electron chi connectivity index (χ3n) is 3.33. The van der Waals surface area contributed by atoms with E-state index in [4.69, 9.17) is 15.1 Å². The summed E-state index contributed by atoms with van der Waals surface area (Å²) in [7, 11) is 0. The van der Waals surface area contributed by atoms with Crippen molar-refractivity contribution in [2.75, 3.05) is 26.3 Å². The quantitative estimate of drug-likeness (QED) is 0.872. The highest BCUT2D eigenvalue weighted by Gasteiger charge is 2.31. The second kappa shape index (κ2) is 6.50. The van der Waals surface area contributed by atoms with E-state index in [0.29, 0.717) is 37.4 Å². The summed E-state index contributed by atoms with van der Waals surface area (Å²) in [4.78, 5) is 1.89. The first-order valence-electron chi connectivity index (χ1n) is 6.35. The Bertz CT molecular complexity index is 461. The first-order valence-corrected chi connectivity index (χ1v) is 6.35. The largest absolute Gasteiger partial charge is 0.491 e. The summed E-state index contributed by atoms with van der Waals surface area (Å²) < 4.78 is 18.8. The van der Waals surface area contributed by atoms with Crippen LogP contribution in [0.2, 0.25) is 0 Å². The Morgan fingerprint density at radius 2 is 2.26 bits per heavy atom. The minimum Gasteiger partial charge on any atom is -0.491 e. The van der Waals surface area contributed by atoms with Crippen molar-refractivity contribution >= 4 is 0 Å². The number of aliphatic hydroxyl groups excluding tert-OH is 1. The maximum absolute atomic E-state index is 13.2. The lowest BCUT2D eigenvalue weighted by Crippen LogP contribution is -2.35. The van der Waals surface area contributed by atoms with Crippen LogP contribution in [0, 0.1) is 11.3 Å². The smallest absolute Gasteiger partial charge is 0.137 e. The summed E-state index contributed by atoms with van der Waals surface area (Å²) in [5.74, 6) is 0.543. The average Bonchev–Trinajstić information content (AvgIpc) is 2.79. The molecule has 1 saturated heterocycles. The van der Waals surface area contributed by atoms with Crippen LogP contribution in [-0.2, 0) is 0 Å². The Morgan fingerprint density at radius 3 is 3.00 bits per heavy atom. The summed E-state index contributed by atoms with van der Waals surface area (Å²) in [5.41, 5.74) is 0.492. The predicted octanol–water partition coefficient (Wildman–Crippen LogP) is 1.34. The lowest BCUT2D eigenvalue weighted by atomic mass is 10.2. The van der Waals surface area contributed by atoms with E-state index in [9.17, 15) is 4.39 Å². The van der Waals surface area contributed by atoms with Crippen molar-refractivity contribution < 1.29 is 14.2 Å². The number of hydrogen-bond acceptors (Lipinski definition) is 4. The molecule has 1 fully saturated rings. The van der Waals surface area contributed by atoms with Crippen LogP contribution in [0.3, 0.4) is 0 Å². The van der Waals surface area contributed by atoms with Crippen molar-refractivity contribution in [3.63, 3.8) is 0 Å². The molecular weight excluding hydrogens is 247 g/mol. The van der Waals surface area contributed by atoms with Gasteiger partial charge in [0.05, 0.1) is 12.2 Å². The maximum Gasteiger partial charge on any atom is 0.137 e. The minimum absolute atomic E-state index is 0.0325. The van der Waals surface area contributed by atoms with E-state index in [2.05, 4.69) is 6.07 Å². The van der Waals surface area contributed by atoms with Gasteiger partial charge in [-0.25, -0.2) is 4.39 Å². The summed E-state index contributed by atoms with van der Waals surface area (Å²) in [6, 6.07) is 8.96. The fraction of sp³-hybridized carbons (Fsp3) is 0.500. The summed E-state index contributed by atoms with van der Waals surface area (Å²) in [6.45, 7) is 1.23. The van der Waals surface area contributed by atoms with Gasteiger partial charge < -0.3 is 9.84 Å². The molecule has 1 N–H and O–H groups in total. The molecule has 102 valence electrons. The molecule has 1 aliphatic rings. The van der Waals surface area contributed by atoms with Crippen LogP contribution >= 0.6 is 0 Å². The van der Waals surface area contributed by atoms with Crippen molar-refractivity contribution in [1.29, 1.82) is 5.26 Å². The zero-order chi connectivity index (χ0) is 13.7. The van der Waals surface area contributed by atoms with Crippen LogP contribution < -0.4 is 4.74 Å². The SMILES string of the molecule is N#Cc1ccccc1OCCN1C[C@@H](F)C[C@H]1CO. The van der Waals surface area contributed by atoms with E-state index < -0.39 is 6.17 Å². The van der Waals surface area contributed by atoms with Gasteiger partial charge in [0.1, 0.15) is 24.6 Å². The molecule has 0 bridgehead atoms. The van der Waals surface area contributed by atoms with Gasteiger partial charge in [-0.15, -0.1) is 0 Å². The van der Waals surface area contributed by atoms with Gasteiger partial charge in [0.2, 0.25) is 0 Å². The average molecular weight is 264 g/mol. The number of hydrogen-bond donors (Lipinski definition) is 1. The van der Waals surface area contributed by atoms with E-state index in [0.717, 1.165) is 0 Å². The number of aliphatic hydroxyl groups is 1. The monoisotopic (exact) mass is 264 g/mol. The molecule has 0 amide bonds. The number of benzene rings is 1. The standard InChI is InChI=1S/C14H17FN2O2/c15-12-7-13(10-18)17(9-12)5-6-19-14-4-2-1-3-11(14)8-16/h1-4,12-13,18H,5-7,9-10H2/t12-,13-/m0/s1. The Hall–Kier alpha value is -1.64. The van der Waals surface area contributed by atoms with Gasteiger partial charge in [-0.05, 0) is 18.6 Å². The number of ether oxygens (including phenoxy) is 1. The van der Waals surface area contributed by atoms with Gasteiger partial charge in [0, 0.05) is 19.1 Å². The molecule has 0 spiro atoms. The van der Waals surface area contributed by atoms with Crippen molar-refractivity contribution in [2.24, 2.45) is 0 Å². The van der Waals surface area contributed by atoms with Crippen molar-refractivity contribution in [3.05, 3.63) is 29.8 Å². The van der Waals surface area contributed by atoms with E-state index >= 15 is 0 Å². The van der Waals surface area contributed by atoms with E-state index in [1.165, 1.54) is 0 Å². The van der Waals surface area contributed by atoms with E-state index in [1.54, 1.807) is 24.3 Å². The van der Waals surface area contributed by atoms with Crippen molar-refractivity contribution in [3.8, 4) is 11.8 Å². The lowest BCUT2D eigenvalue weighted by molar-refractivity contribution is 0.138. The van der Waals surface area contributed by atoms with Crippen LogP contribution in [-0.4, -0.2) is 48.5 Å². The highest BCUT2D eigenvalue weighted by atomic mass is 19.1. The maximum atomic E-state index is 13.2. The van der Waals surface area contributed by atoms with E-state index in [-0.39, 0.29) is 12.6 Å². The normalized spacial score (nSPS) is 23.2. The molecule has 0 unspecified atom stereocenters. The van der Waals surface area contributed by atoms with Gasteiger partial charge in [-0.1, -0.05) is 12.1 Å². The van der Waals surface area contributed by atoms with Gasteiger partial charge in [0.15, 0.2) is 0 Å². The molecule has 1 heterocycles. The topological polar surface area (TPSA) is 56.5 Å². The van der Waals surface area contributed by atoms with Crippen LogP contribution in [0.5, 0.6) is 5.75 Å². The van der Waals surface area contributed by atoms with Crippen molar-refractivity contribution in [2.45, 2.75) is 18.6 Å². The second-order valence-electron chi connectivity index (χ2n) is 4.62. The number of halogens is 1. The Balaban J connectivity index is 1.85. The highest BCUT2D eigenvalue weighted by molar-refractivity contribution is 5.42. The van der Waals surface area contributed by atoms with Gasteiger partial charge in [0.25, 0.3) is 0 Å². The zero-order valence-corrected chi connectivity index (χ0v) is 10.6.